The quantitative estimate of drug-likeness (QED) is 0.826. The van der Waals surface area contributed by atoms with Crippen molar-refractivity contribution in [3.8, 4) is 6.07 Å². The van der Waals surface area contributed by atoms with Gasteiger partial charge in [0.1, 0.15) is 0 Å². The van der Waals surface area contributed by atoms with Gasteiger partial charge >= 0.3 is 0 Å². The van der Waals surface area contributed by atoms with E-state index in [0.717, 1.165) is 38.0 Å². The van der Waals surface area contributed by atoms with Gasteiger partial charge in [-0.15, -0.1) is 0 Å². The van der Waals surface area contributed by atoms with E-state index < -0.39 is 0 Å². The molecular weight excluding hydrogens is 250 g/mol. The van der Waals surface area contributed by atoms with E-state index in [1.54, 1.807) is 12.1 Å². The van der Waals surface area contributed by atoms with Crippen molar-refractivity contribution in [2.45, 2.75) is 32.2 Å². The molecule has 0 radical (unpaired) electrons. The number of nitriles is 1. The van der Waals surface area contributed by atoms with Gasteiger partial charge in [0.15, 0.2) is 0 Å². The number of amides is 1. The van der Waals surface area contributed by atoms with Gasteiger partial charge in [0.25, 0.3) is 0 Å². The van der Waals surface area contributed by atoms with Crippen LogP contribution in [-0.2, 0) is 4.79 Å². The first-order valence-corrected chi connectivity index (χ1v) is 7.19. The molecule has 0 bridgehead atoms. The fourth-order valence-electron chi connectivity index (χ4n) is 2.61. The highest BCUT2D eigenvalue weighted by Gasteiger charge is 2.34. The number of carbonyl (C=O) groups excluding carboxylic acids is 1. The van der Waals surface area contributed by atoms with Crippen LogP contribution < -0.4 is 4.90 Å². The molecule has 0 N–H and O–H groups in total. The van der Waals surface area contributed by atoms with Crippen LogP contribution >= 0.6 is 0 Å². The van der Waals surface area contributed by atoms with Crippen molar-refractivity contribution < 1.29 is 4.79 Å². The summed E-state index contributed by atoms with van der Waals surface area (Å²) in [5.41, 5.74) is 1.51. The van der Waals surface area contributed by atoms with E-state index in [1.807, 2.05) is 24.1 Å². The summed E-state index contributed by atoms with van der Waals surface area (Å²) in [6.07, 6.45) is 3.14. The topological polar surface area (TPSA) is 47.3 Å². The van der Waals surface area contributed by atoms with Crippen LogP contribution in [0.3, 0.4) is 0 Å². The van der Waals surface area contributed by atoms with Crippen molar-refractivity contribution in [2.24, 2.45) is 0 Å². The predicted octanol–water partition coefficient (Wildman–Crippen LogP) is 2.40. The number of likely N-dealkylation sites (N-methyl/N-ethyl adjacent to an activating group) is 1. The van der Waals surface area contributed by atoms with Crippen LogP contribution in [0.25, 0.3) is 0 Å². The molecule has 0 aromatic heterocycles. The van der Waals surface area contributed by atoms with E-state index in [0.29, 0.717) is 5.56 Å². The summed E-state index contributed by atoms with van der Waals surface area (Å²) in [5, 5.41) is 8.81. The Morgan fingerprint density at radius 2 is 2.10 bits per heavy atom. The van der Waals surface area contributed by atoms with Gasteiger partial charge in [-0.05, 0) is 50.7 Å². The van der Waals surface area contributed by atoms with Crippen LogP contribution in [0, 0.1) is 11.3 Å². The zero-order valence-electron chi connectivity index (χ0n) is 12.2. The average molecular weight is 271 g/mol. The molecule has 0 aliphatic carbocycles. The van der Waals surface area contributed by atoms with E-state index in [1.165, 1.54) is 0 Å². The Morgan fingerprint density at radius 3 is 2.70 bits per heavy atom. The SMILES string of the molecule is CCCCN(C)C1CCN(c2ccc(C#N)cc2)C1=O. The second-order valence-corrected chi connectivity index (χ2v) is 5.29. The third-order valence-corrected chi connectivity index (χ3v) is 3.88. The van der Waals surface area contributed by atoms with Crippen molar-refractivity contribution in [2.75, 3.05) is 25.0 Å². The molecule has 1 aromatic carbocycles. The van der Waals surface area contributed by atoms with Crippen LogP contribution in [0.1, 0.15) is 31.7 Å². The number of benzene rings is 1. The van der Waals surface area contributed by atoms with E-state index in [4.69, 9.17) is 5.26 Å². The minimum absolute atomic E-state index is 0.00260. The normalized spacial score (nSPS) is 18.6. The number of rotatable bonds is 5. The summed E-state index contributed by atoms with van der Waals surface area (Å²) in [4.78, 5) is 16.5. The van der Waals surface area contributed by atoms with Gasteiger partial charge in [0, 0.05) is 12.2 Å². The fraction of sp³-hybridized carbons (Fsp3) is 0.500. The van der Waals surface area contributed by atoms with Gasteiger partial charge in [-0.1, -0.05) is 13.3 Å². The van der Waals surface area contributed by atoms with Gasteiger partial charge in [-0.25, -0.2) is 0 Å². The fourth-order valence-corrected chi connectivity index (χ4v) is 2.61. The van der Waals surface area contributed by atoms with Crippen LogP contribution in [0.4, 0.5) is 5.69 Å². The van der Waals surface area contributed by atoms with Crippen LogP contribution in [0.15, 0.2) is 24.3 Å². The molecule has 106 valence electrons. The van der Waals surface area contributed by atoms with Gasteiger partial charge in [0.2, 0.25) is 5.91 Å². The van der Waals surface area contributed by atoms with Gasteiger partial charge in [0.05, 0.1) is 17.7 Å². The summed E-state index contributed by atoms with van der Waals surface area (Å²) < 4.78 is 0. The highest BCUT2D eigenvalue weighted by molar-refractivity contribution is 5.99. The molecule has 1 amide bonds. The number of nitrogens with zero attached hydrogens (tertiary/aromatic N) is 3. The van der Waals surface area contributed by atoms with E-state index in [2.05, 4.69) is 17.9 Å². The molecule has 1 atom stereocenters. The molecule has 4 heteroatoms. The first kappa shape index (κ1) is 14.5. The molecule has 0 saturated carbocycles. The van der Waals surface area contributed by atoms with Crippen molar-refractivity contribution in [1.82, 2.24) is 4.90 Å². The lowest BCUT2D eigenvalue weighted by molar-refractivity contribution is -0.121. The van der Waals surface area contributed by atoms with Gasteiger partial charge < -0.3 is 4.90 Å². The molecule has 0 spiro atoms. The minimum atomic E-state index is -0.00260. The minimum Gasteiger partial charge on any atom is -0.311 e. The third kappa shape index (κ3) is 3.00. The molecular formula is C16H21N3O. The zero-order valence-corrected chi connectivity index (χ0v) is 12.2. The molecule has 1 heterocycles. The Hall–Kier alpha value is -1.86. The van der Waals surface area contributed by atoms with E-state index in [9.17, 15) is 4.79 Å². The van der Waals surface area contributed by atoms with Crippen LogP contribution in [0.5, 0.6) is 0 Å². The summed E-state index contributed by atoms with van der Waals surface area (Å²) in [6.45, 7) is 3.88. The second kappa shape index (κ2) is 6.53. The number of hydrogen-bond donors (Lipinski definition) is 0. The van der Waals surface area contributed by atoms with Gasteiger partial charge in [-0.2, -0.15) is 5.26 Å². The maximum atomic E-state index is 12.5. The smallest absolute Gasteiger partial charge is 0.244 e. The summed E-state index contributed by atoms with van der Waals surface area (Å²) in [6, 6.07) is 9.32. The monoisotopic (exact) mass is 271 g/mol. The molecule has 2 rings (SSSR count). The van der Waals surface area contributed by atoms with Crippen molar-refractivity contribution in [1.29, 1.82) is 5.26 Å². The summed E-state index contributed by atoms with van der Waals surface area (Å²) in [5.74, 6) is 0.174. The maximum Gasteiger partial charge on any atom is 0.244 e. The van der Waals surface area contributed by atoms with Crippen molar-refractivity contribution in [3.63, 3.8) is 0 Å². The lowest BCUT2D eigenvalue weighted by atomic mass is 10.2. The summed E-state index contributed by atoms with van der Waals surface area (Å²) >= 11 is 0. The first-order chi connectivity index (χ1) is 9.67. The molecule has 20 heavy (non-hydrogen) atoms. The second-order valence-electron chi connectivity index (χ2n) is 5.29. The highest BCUT2D eigenvalue weighted by atomic mass is 16.2. The van der Waals surface area contributed by atoms with E-state index >= 15 is 0 Å². The zero-order chi connectivity index (χ0) is 14.5. The number of hydrogen-bond acceptors (Lipinski definition) is 3. The number of unbranched alkanes of at least 4 members (excludes halogenated alkanes) is 1. The molecule has 1 aliphatic heterocycles. The Bertz CT molecular complexity index is 503. The Kier molecular flexibility index (Phi) is 4.75. The first-order valence-electron chi connectivity index (χ1n) is 7.19. The van der Waals surface area contributed by atoms with Crippen LogP contribution in [-0.4, -0.2) is 37.0 Å². The summed E-state index contributed by atoms with van der Waals surface area (Å²) in [7, 11) is 2.03. The van der Waals surface area contributed by atoms with Gasteiger partial charge in [-0.3, -0.25) is 9.69 Å². The molecule has 1 fully saturated rings. The predicted molar refractivity (Wildman–Crippen MR) is 79.5 cm³/mol. The largest absolute Gasteiger partial charge is 0.311 e. The standard InChI is InChI=1S/C16H21N3O/c1-3-4-10-18(2)15-9-11-19(16(15)20)14-7-5-13(12-17)6-8-14/h5-8,15H,3-4,9-11H2,1-2H3. The molecule has 1 aromatic rings. The van der Waals surface area contributed by atoms with Crippen molar-refractivity contribution in [3.05, 3.63) is 29.8 Å². The lowest BCUT2D eigenvalue weighted by Gasteiger charge is -2.23. The Balaban J connectivity index is 2.05. The molecule has 1 unspecified atom stereocenters. The number of anilines is 1. The van der Waals surface area contributed by atoms with Crippen LogP contribution in [0.2, 0.25) is 0 Å². The third-order valence-electron chi connectivity index (χ3n) is 3.88. The highest BCUT2D eigenvalue weighted by Crippen LogP contribution is 2.24. The molecule has 1 aliphatic rings. The Labute approximate surface area is 120 Å². The Morgan fingerprint density at radius 1 is 1.40 bits per heavy atom. The maximum absolute atomic E-state index is 12.5. The average Bonchev–Trinajstić information content (AvgIpc) is 2.86. The van der Waals surface area contributed by atoms with E-state index in [-0.39, 0.29) is 11.9 Å². The molecule has 1 saturated heterocycles. The lowest BCUT2D eigenvalue weighted by Crippen LogP contribution is -2.40. The number of carbonyl (C=O) groups is 1. The van der Waals surface area contributed by atoms with Crippen molar-refractivity contribution >= 4 is 11.6 Å². The molecule has 4 nitrogen and oxygen atoms in total.